The van der Waals surface area contributed by atoms with Crippen LogP contribution in [-0.2, 0) is 23.0 Å². The van der Waals surface area contributed by atoms with Gasteiger partial charge in [0.25, 0.3) is 0 Å². The number of nitrogens with zero attached hydrogens (tertiary/aromatic N) is 5. The molecule has 1 atom stereocenters. The van der Waals surface area contributed by atoms with Gasteiger partial charge in [0.2, 0.25) is 15.9 Å². The van der Waals surface area contributed by atoms with Gasteiger partial charge in [-0.15, -0.1) is 0 Å². The van der Waals surface area contributed by atoms with E-state index in [0.29, 0.717) is 11.4 Å². The summed E-state index contributed by atoms with van der Waals surface area (Å²) in [5.74, 6) is 1.30. The van der Waals surface area contributed by atoms with Crippen molar-refractivity contribution in [3.8, 4) is 0 Å². The van der Waals surface area contributed by atoms with Crippen molar-refractivity contribution in [3.05, 3.63) is 29.9 Å². The smallest absolute Gasteiger partial charge is 0.242 e. The summed E-state index contributed by atoms with van der Waals surface area (Å²) in [4.78, 5) is 9.49. The van der Waals surface area contributed by atoms with E-state index in [2.05, 4.69) is 28.6 Å². The first-order valence-electron chi connectivity index (χ1n) is 10.2. The molecule has 0 aliphatic heterocycles. The molecule has 0 saturated heterocycles. The van der Waals surface area contributed by atoms with Gasteiger partial charge in [0, 0.05) is 27.1 Å². The van der Waals surface area contributed by atoms with Crippen LogP contribution >= 0.6 is 11.8 Å². The molecule has 0 bridgehead atoms. The van der Waals surface area contributed by atoms with Crippen molar-refractivity contribution in [2.75, 3.05) is 14.1 Å². The summed E-state index contributed by atoms with van der Waals surface area (Å²) in [6.45, 7) is 7.05. The Morgan fingerprint density at radius 2 is 1.97 bits per heavy atom. The van der Waals surface area contributed by atoms with E-state index >= 15 is 0 Å². The third-order valence-corrected chi connectivity index (χ3v) is 7.67. The molecule has 3 rings (SSSR count). The van der Waals surface area contributed by atoms with Gasteiger partial charge in [0.05, 0.1) is 21.2 Å². The van der Waals surface area contributed by atoms with Gasteiger partial charge >= 0.3 is 0 Å². The molecular formula is C20H29N5O3S2. The zero-order valence-corrected chi connectivity index (χ0v) is 19.8. The minimum atomic E-state index is -3.51. The van der Waals surface area contributed by atoms with Crippen molar-refractivity contribution in [1.29, 1.82) is 0 Å². The second-order valence-corrected chi connectivity index (χ2v) is 10.9. The molecule has 0 aliphatic carbocycles. The van der Waals surface area contributed by atoms with Crippen LogP contribution in [0.15, 0.2) is 32.8 Å². The Bertz CT molecular complexity index is 1110. The molecule has 0 spiro atoms. The van der Waals surface area contributed by atoms with E-state index in [1.54, 1.807) is 23.9 Å². The van der Waals surface area contributed by atoms with Gasteiger partial charge in [-0.05, 0) is 38.0 Å². The van der Waals surface area contributed by atoms with E-state index in [1.807, 2.05) is 13.0 Å². The van der Waals surface area contributed by atoms with Crippen LogP contribution in [-0.4, -0.2) is 46.5 Å². The Kier molecular flexibility index (Phi) is 7.20. The first-order valence-corrected chi connectivity index (χ1v) is 12.5. The SMILES string of the molecule is CCCCn1c(S[C@@H](C)c2nc(CCC)no2)nc2cc(S(=O)(=O)N(C)C)ccc21. The first kappa shape index (κ1) is 22.8. The lowest BCUT2D eigenvalue weighted by Crippen LogP contribution is -2.22. The Morgan fingerprint density at radius 1 is 1.20 bits per heavy atom. The van der Waals surface area contributed by atoms with Crippen LogP contribution in [0, 0.1) is 0 Å². The standard InChI is InChI=1S/C20H29N5O3S2/c1-6-8-12-25-17-11-10-15(30(26,27)24(4)5)13-16(17)21-20(25)29-14(3)19-22-18(9-7-2)23-28-19/h10-11,13-14H,6-9,12H2,1-5H3/t14-/m0/s1. The van der Waals surface area contributed by atoms with Crippen molar-refractivity contribution >= 4 is 32.8 Å². The second-order valence-electron chi connectivity index (χ2n) is 7.40. The predicted octanol–water partition coefficient (Wildman–Crippen LogP) is 4.28. The highest BCUT2D eigenvalue weighted by atomic mass is 32.2. The average molecular weight is 452 g/mol. The van der Waals surface area contributed by atoms with Crippen molar-refractivity contribution in [3.63, 3.8) is 0 Å². The predicted molar refractivity (Wildman–Crippen MR) is 118 cm³/mol. The molecule has 0 saturated carbocycles. The highest BCUT2D eigenvalue weighted by Crippen LogP contribution is 2.36. The summed E-state index contributed by atoms with van der Waals surface area (Å²) in [5.41, 5.74) is 1.59. The van der Waals surface area contributed by atoms with Crippen LogP contribution in [0.3, 0.4) is 0 Å². The van der Waals surface area contributed by atoms with E-state index in [9.17, 15) is 8.42 Å². The summed E-state index contributed by atoms with van der Waals surface area (Å²) >= 11 is 1.55. The Labute approximate surface area is 182 Å². The fourth-order valence-electron chi connectivity index (χ4n) is 3.05. The number of benzene rings is 1. The van der Waals surface area contributed by atoms with Crippen LogP contribution < -0.4 is 0 Å². The molecule has 2 heterocycles. The number of aryl methyl sites for hydroxylation is 2. The van der Waals surface area contributed by atoms with Gasteiger partial charge in [-0.25, -0.2) is 17.7 Å². The van der Waals surface area contributed by atoms with Crippen molar-refractivity contribution in [2.24, 2.45) is 0 Å². The zero-order chi connectivity index (χ0) is 21.9. The van der Waals surface area contributed by atoms with Gasteiger partial charge in [-0.2, -0.15) is 4.98 Å². The molecular weight excluding hydrogens is 422 g/mol. The van der Waals surface area contributed by atoms with Gasteiger partial charge in [-0.3, -0.25) is 0 Å². The van der Waals surface area contributed by atoms with E-state index < -0.39 is 10.0 Å². The van der Waals surface area contributed by atoms with E-state index in [-0.39, 0.29) is 10.1 Å². The summed E-state index contributed by atoms with van der Waals surface area (Å²) < 4.78 is 33.8. The minimum absolute atomic E-state index is 0.0646. The number of rotatable bonds is 10. The monoisotopic (exact) mass is 451 g/mol. The number of thioether (sulfide) groups is 1. The number of fused-ring (bicyclic) bond motifs is 1. The van der Waals surface area contributed by atoms with E-state index in [1.165, 1.54) is 18.4 Å². The fraction of sp³-hybridized carbons (Fsp3) is 0.550. The summed E-state index contributed by atoms with van der Waals surface area (Å²) in [7, 11) is -0.459. The highest BCUT2D eigenvalue weighted by molar-refractivity contribution is 7.99. The van der Waals surface area contributed by atoms with Crippen molar-refractivity contribution < 1.29 is 12.9 Å². The van der Waals surface area contributed by atoms with E-state index in [4.69, 9.17) is 9.51 Å². The first-order chi connectivity index (χ1) is 14.3. The van der Waals surface area contributed by atoms with Crippen LogP contribution in [0.4, 0.5) is 0 Å². The zero-order valence-electron chi connectivity index (χ0n) is 18.1. The molecule has 3 aromatic rings. The van der Waals surface area contributed by atoms with Crippen LogP contribution in [0.1, 0.15) is 57.0 Å². The van der Waals surface area contributed by atoms with Crippen LogP contribution in [0.25, 0.3) is 11.0 Å². The lowest BCUT2D eigenvalue weighted by atomic mass is 10.3. The second kappa shape index (κ2) is 9.49. The van der Waals surface area contributed by atoms with Crippen molar-refractivity contribution in [2.45, 2.75) is 68.3 Å². The summed E-state index contributed by atoms with van der Waals surface area (Å²) in [5, 5.41) is 4.80. The number of unbranched alkanes of at least 4 members (excludes halogenated alkanes) is 1. The number of sulfonamides is 1. The number of imidazole rings is 1. The summed E-state index contributed by atoms with van der Waals surface area (Å²) in [6.07, 6.45) is 3.81. The maximum atomic E-state index is 12.5. The lowest BCUT2D eigenvalue weighted by molar-refractivity contribution is 0.374. The molecule has 30 heavy (non-hydrogen) atoms. The molecule has 0 aliphatic rings. The van der Waals surface area contributed by atoms with Gasteiger partial charge in [0.15, 0.2) is 11.0 Å². The Morgan fingerprint density at radius 3 is 2.63 bits per heavy atom. The maximum Gasteiger partial charge on any atom is 0.242 e. The van der Waals surface area contributed by atoms with Gasteiger partial charge in [-0.1, -0.05) is 37.2 Å². The molecule has 0 fully saturated rings. The van der Waals surface area contributed by atoms with Gasteiger partial charge < -0.3 is 9.09 Å². The molecule has 0 radical (unpaired) electrons. The molecule has 0 N–H and O–H groups in total. The normalized spacial score (nSPS) is 13.4. The number of hydrogen-bond acceptors (Lipinski definition) is 7. The molecule has 1 aromatic carbocycles. The topological polar surface area (TPSA) is 94.1 Å². The Hall–Kier alpha value is -1.91. The number of aromatic nitrogens is 4. The average Bonchev–Trinajstić information content (AvgIpc) is 3.30. The lowest BCUT2D eigenvalue weighted by Gasteiger charge is -2.12. The Balaban J connectivity index is 1.97. The molecule has 8 nitrogen and oxygen atoms in total. The fourth-order valence-corrected chi connectivity index (χ4v) is 4.95. The molecule has 10 heteroatoms. The minimum Gasteiger partial charge on any atom is -0.338 e. The van der Waals surface area contributed by atoms with Gasteiger partial charge in [0.1, 0.15) is 0 Å². The molecule has 0 unspecified atom stereocenters. The largest absolute Gasteiger partial charge is 0.338 e. The van der Waals surface area contributed by atoms with Crippen LogP contribution in [0.2, 0.25) is 0 Å². The van der Waals surface area contributed by atoms with E-state index in [0.717, 1.165) is 48.7 Å². The quantitative estimate of drug-likeness (QED) is 0.425. The number of hydrogen-bond donors (Lipinski definition) is 0. The summed E-state index contributed by atoms with van der Waals surface area (Å²) in [6, 6.07) is 5.14. The van der Waals surface area contributed by atoms with Crippen LogP contribution in [0.5, 0.6) is 0 Å². The molecule has 2 aromatic heterocycles. The highest BCUT2D eigenvalue weighted by Gasteiger charge is 2.22. The third-order valence-electron chi connectivity index (χ3n) is 4.79. The molecule has 0 amide bonds. The third kappa shape index (κ3) is 4.70. The maximum absolute atomic E-state index is 12.5. The molecule has 164 valence electrons. The van der Waals surface area contributed by atoms with Crippen molar-refractivity contribution in [1.82, 2.24) is 24.0 Å².